The minimum atomic E-state index is -4.77. The predicted octanol–water partition coefficient (Wildman–Crippen LogP) is 5.25. The Hall–Kier alpha value is -3.60. The zero-order valence-electron chi connectivity index (χ0n) is 15.4. The topological polar surface area (TPSA) is 83.1 Å². The van der Waals surface area contributed by atoms with Crippen molar-refractivity contribution in [1.82, 2.24) is 15.0 Å². The summed E-state index contributed by atoms with van der Waals surface area (Å²) in [6.07, 6.45) is -4.77. The first-order valence-corrected chi connectivity index (χ1v) is 9.52. The van der Waals surface area contributed by atoms with Crippen molar-refractivity contribution >= 4 is 39.8 Å². The number of urea groups is 1. The second-order valence-corrected chi connectivity index (χ2v) is 6.94. The summed E-state index contributed by atoms with van der Waals surface area (Å²) < 4.78 is 40.6. The Morgan fingerprint density at radius 3 is 2.63 bits per heavy atom. The van der Waals surface area contributed by atoms with Gasteiger partial charge in [-0.05, 0) is 42.5 Å². The van der Waals surface area contributed by atoms with E-state index >= 15 is 0 Å². The molecule has 4 aromatic rings. The summed E-state index contributed by atoms with van der Waals surface area (Å²) in [4.78, 5) is 25.6. The fourth-order valence-corrected chi connectivity index (χ4v) is 3.27. The second-order valence-electron chi connectivity index (χ2n) is 6.22. The van der Waals surface area contributed by atoms with Gasteiger partial charge in [-0.25, -0.2) is 14.8 Å². The number of aromatic nitrogens is 3. The largest absolute Gasteiger partial charge is 0.573 e. The van der Waals surface area contributed by atoms with Gasteiger partial charge >= 0.3 is 12.4 Å². The monoisotopic (exact) mass is 433 g/mol. The van der Waals surface area contributed by atoms with Crippen molar-refractivity contribution < 1.29 is 22.7 Å². The molecule has 0 atom stereocenters. The van der Waals surface area contributed by atoms with Gasteiger partial charge in [-0.3, -0.25) is 4.90 Å². The highest BCUT2D eigenvalue weighted by Crippen LogP contribution is 2.26. The molecule has 7 nitrogen and oxygen atoms in total. The molecule has 2 aromatic heterocycles. The van der Waals surface area contributed by atoms with E-state index in [-0.39, 0.29) is 5.75 Å². The Bertz CT molecular complexity index is 1170. The fourth-order valence-electron chi connectivity index (χ4n) is 2.73. The van der Waals surface area contributed by atoms with E-state index < -0.39 is 12.4 Å². The third-order valence-electron chi connectivity index (χ3n) is 4.17. The van der Waals surface area contributed by atoms with Crippen molar-refractivity contribution in [1.29, 1.82) is 0 Å². The lowest BCUT2D eigenvalue weighted by Gasteiger charge is -2.18. The van der Waals surface area contributed by atoms with Crippen LogP contribution in [0.25, 0.3) is 22.6 Å². The third kappa shape index (κ3) is 4.35. The Morgan fingerprint density at radius 1 is 1.20 bits per heavy atom. The Labute approximate surface area is 172 Å². The Kier molecular flexibility index (Phi) is 5.04. The van der Waals surface area contributed by atoms with E-state index in [1.54, 1.807) is 23.7 Å². The number of H-pyrrole nitrogens is 1. The molecule has 0 aliphatic heterocycles. The lowest BCUT2D eigenvalue weighted by Crippen LogP contribution is -2.31. The lowest BCUT2D eigenvalue weighted by molar-refractivity contribution is -0.274. The van der Waals surface area contributed by atoms with Crippen molar-refractivity contribution in [3.63, 3.8) is 0 Å². The lowest BCUT2D eigenvalue weighted by atomic mass is 10.2. The molecule has 2 amide bonds. The summed E-state index contributed by atoms with van der Waals surface area (Å²) in [6, 6.07) is 9.76. The van der Waals surface area contributed by atoms with Crippen molar-refractivity contribution in [2.75, 3.05) is 17.3 Å². The van der Waals surface area contributed by atoms with Crippen LogP contribution in [0, 0.1) is 0 Å². The molecule has 0 aliphatic rings. The molecule has 0 spiro atoms. The first-order valence-electron chi connectivity index (χ1n) is 8.57. The van der Waals surface area contributed by atoms with E-state index in [0.717, 1.165) is 28.9 Å². The van der Waals surface area contributed by atoms with Crippen molar-refractivity contribution in [3.05, 3.63) is 53.4 Å². The maximum atomic E-state index is 12.5. The molecule has 0 saturated carbocycles. The quantitative estimate of drug-likeness (QED) is 0.460. The summed E-state index contributed by atoms with van der Waals surface area (Å²) >= 11 is 1.46. The maximum Gasteiger partial charge on any atom is 0.573 e. The Morgan fingerprint density at radius 2 is 1.97 bits per heavy atom. The predicted molar refractivity (Wildman–Crippen MR) is 108 cm³/mol. The molecule has 11 heteroatoms. The number of alkyl halides is 3. The minimum absolute atomic E-state index is 0.360. The molecule has 2 heterocycles. The molecule has 4 rings (SSSR count). The van der Waals surface area contributed by atoms with Gasteiger partial charge in [0.05, 0.1) is 16.5 Å². The van der Waals surface area contributed by atoms with Crippen LogP contribution in [0.5, 0.6) is 5.75 Å². The third-order valence-corrected chi connectivity index (χ3v) is 4.76. The normalized spacial score (nSPS) is 11.5. The van der Waals surface area contributed by atoms with Gasteiger partial charge in [0.25, 0.3) is 0 Å². The highest BCUT2D eigenvalue weighted by atomic mass is 32.1. The van der Waals surface area contributed by atoms with Gasteiger partial charge in [0.2, 0.25) is 0 Å². The highest BCUT2D eigenvalue weighted by Gasteiger charge is 2.31. The van der Waals surface area contributed by atoms with E-state index in [4.69, 9.17) is 0 Å². The molecule has 2 N–H and O–H groups in total. The number of nitrogens with zero attached hydrogens (tertiary/aromatic N) is 3. The fraction of sp³-hybridized carbons (Fsp3) is 0.105. The van der Waals surface area contributed by atoms with Gasteiger partial charge in [-0.1, -0.05) is 0 Å². The molecule has 30 heavy (non-hydrogen) atoms. The van der Waals surface area contributed by atoms with Gasteiger partial charge in [-0.2, -0.15) is 0 Å². The number of ether oxygens (including phenoxy) is 1. The van der Waals surface area contributed by atoms with E-state index in [2.05, 4.69) is 25.0 Å². The average molecular weight is 433 g/mol. The molecule has 0 bridgehead atoms. The van der Waals surface area contributed by atoms with Gasteiger partial charge in [0.1, 0.15) is 11.4 Å². The van der Waals surface area contributed by atoms with Gasteiger partial charge in [0, 0.05) is 23.8 Å². The van der Waals surface area contributed by atoms with Crippen LogP contribution in [-0.4, -0.2) is 34.4 Å². The number of nitrogens with one attached hydrogen (secondary N) is 2. The van der Waals surface area contributed by atoms with Crippen LogP contribution in [0.4, 0.5) is 29.3 Å². The molecular formula is C19H14F3N5O2S. The number of carbonyl (C=O) groups excluding carboxylic acids is 1. The second kappa shape index (κ2) is 7.67. The number of anilines is 2. The first-order chi connectivity index (χ1) is 14.3. The number of halogens is 3. The number of carbonyl (C=O) groups is 1. The van der Waals surface area contributed by atoms with Crippen LogP contribution in [0.15, 0.2) is 53.4 Å². The SMILES string of the molecule is CN(C(=O)Nc1ccc2nc(-c3cscn3)[nH]c2c1)c1ccc(OC(F)(F)F)cc1. The molecule has 2 aromatic carbocycles. The van der Waals surface area contributed by atoms with Crippen LogP contribution in [0.2, 0.25) is 0 Å². The van der Waals surface area contributed by atoms with E-state index in [9.17, 15) is 18.0 Å². The van der Waals surface area contributed by atoms with Gasteiger partial charge in [0.15, 0.2) is 5.82 Å². The number of hydrogen-bond donors (Lipinski definition) is 2. The zero-order valence-corrected chi connectivity index (χ0v) is 16.2. The number of imidazole rings is 1. The number of fused-ring (bicyclic) bond motifs is 1. The van der Waals surface area contributed by atoms with E-state index in [1.165, 1.54) is 35.4 Å². The molecule has 0 fully saturated rings. The van der Waals surface area contributed by atoms with Gasteiger partial charge < -0.3 is 15.0 Å². The zero-order chi connectivity index (χ0) is 21.3. The number of amides is 2. The van der Waals surface area contributed by atoms with Crippen LogP contribution < -0.4 is 15.0 Å². The smallest absolute Gasteiger partial charge is 0.406 e. The van der Waals surface area contributed by atoms with Crippen LogP contribution in [0.1, 0.15) is 0 Å². The Balaban J connectivity index is 1.47. The van der Waals surface area contributed by atoms with Crippen LogP contribution >= 0.6 is 11.3 Å². The van der Waals surface area contributed by atoms with E-state index in [0.29, 0.717) is 17.2 Å². The standard InChI is InChI=1S/C19H14F3N5O2S/c1-27(12-3-5-13(6-4-12)29-19(20,21)22)18(28)24-11-2-7-14-15(8-11)26-17(25-14)16-9-30-10-23-16/h2-10H,1H3,(H,24,28)(H,25,26). The maximum absolute atomic E-state index is 12.5. The summed E-state index contributed by atoms with van der Waals surface area (Å²) in [7, 11) is 1.50. The number of benzene rings is 2. The summed E-state index contributed by atoms with van der Waals surface area (Å²) in [5.74, 6) is 0.272. The number of hydrogen-bond acceptors (Lipinski definition) is 5. The van der Waals surface area contributed by atoms with Gasteiger partial charge in [-0.15, -0.1) is 24.5 Å². The molecule has 0 radical (unpaired) electrons. The first kappa shape index (κ1) is 19.7. The molecule has 0 unspecified atom stereocenters. The van der Waals surface area contributed by atoms with Crippen LogP contribution in [-0.2, 0) is 0 Å². The van der Waals surface area contributed by atoms with Crippen molar-refractivity contribution in [2.45, 2.75) is 6.36 Å². The van der Waals surface area contributed by atoms with E-state index in [1.807, 2.05) is 5.38 Å². The molecule has 154 valence electrons. The molecular weight excluding hydrogens is 419 g/mol. The summed E-state index contributed by atoms with van der Waals surface area (Å²) in [5, 5.41) is 4.62. The minimum Gasteiger partial charge on any atom is -0.406 e. The molecule has 0 saturated heterocycles. The number of thiazole rings is 1. The average Bonchev–Trinajstić information content (AvgIpc) is 3.36. The van der Waals surface area contributed by atoms with Crippen molar-refractivity contribution in [2.24, 2.45) is 0 Å². The number of rotatable bonds is 4. The van der Waals surface area contributed by atoms with Crippen molar-refractivity contribution in [3.8, 4) is 17.3 Å². The molecule has 0 aliphatic carbocycles. The van der Waals surface area contributed by atoms with Crippen LogP contribution in [0.3, 0.4) is 0 Å². The number of aromatic amines is 1. The highest BCUT2D eigenvalue weighted by molar-refractivity contribution is 7.07. The summed E-state index contributed by atoms with van der Waals surface area (Å²) in [5.41, 5.74) is 4.84. The summed E-state index contributed by atoms with van der Waals surface area (Å²) in [6.45, 7) is 0.